The molecule has 1 fully saturated rings. The number of anilines is 1. The number of nitrogens with one attached hydrogen (secondary N) is 1. The van der Waals surface area contributed by atoms with Gasteiger partial charge in [-0.2, -0.15) is 5.10 Å². The van der Waals surface area contributed by atoms with Crippen LogP contribution in [0.5, 0.6) is 5.88 Å². The van der Waals surface area contributed by atoms with E-state index >= 15 is 0 Å². The maximum absolute atomic E-state index is 13.2. The minimum atomic E-state index is -3.66. The first-order valence-corrected chi connectivity index (χ1v) is 12.9. The summed E-state index contributed by atoms with van der Waals surface area (Å²) in [5.74, 6) is -1.71. The van der Waals surface area contributed by atoms with Gasteiger partial charge in [0, 0.05) is 19.0 Å². The Morgan fingerprint density at radius 3 is 2.60 bits per heavy atom. The fraction of sp³-hybridized carbons (Fsp3) is 0.476. The number of pyridine rings is 1. The number of carbonyl (C=O) groups is 3. The van der Waals surface area contributed by atoms with Crippen LogP contribution in [0.2, 0.25) is 0 Å². The maximum Gasteiger partial charge on any atom is 0.407 e. The quantitative estimate of drug-likeness (QED) is 0.446. The summed E-state index contributed by atoms with van der Waals surface area (Å²) in [5.41, 5.74) is 5.82. The number of carboxylic acid groups (broad SMARTS) is 1. The highest BCUT2D eigenvalue weighted by Crippen LogP contribution is 2.27. The van der Waals surface area contributed by atoms with E-state index < -0.39 is 33.8 Å². The van der Waals surface area contributed by atoms with Crippen LogP contribution in [0.4, 0.5) is 10.5 Å². The molecule has 1 aliphatic heterocycles. The van der Waals surface area contributed by atoms with Crippen molar-refractivity contribution in [3.05, 3.63) is 29.2 Å². The molecule has 2 aromatic heterocycles. The Morgan fingerprint density at radius 1 is 1.31 bits per heavy atom. The number of sulfone groups is 1. The average molecular weight is 509 g/mol. The number of nitrogens with two attached hydrogens (primary N) is 1. The number of hydrogen-bond donors (Lipinski definition) is 3. The van der Waals surface area contributed by atoms with Crippen LogP contribution in [0.15, 0.2) is 17.2 Å². The molecule has 1 aliphatic rings. The van der Waals surface area contributed by atoms with E-state index in [-0.39, 0.29) is 40.9 Å². The topological polar surface area (TPSA) is 187 Å². The highest BCUT2D eigenvalue weighted by atomic mass is 32.2. The minimum Gasteiger partial charge on any atom is -0.477 e. The number of hydrogen-bond acceptors (Lipinski definition) is 8. The first-order chi connectivity index (χ1) is 16.5. The number of aryl methyl sites for hydroxylation is 1. The van der Waals surface area contributed by atoms with Gasteiger partial charge in [0.25, 0.3) is 11.8 Å². The highest BCUT2D eigenvalue weighted by Gasteiger charge is 2.32. The van der Waals surface area contributed by atoms with Gasteiger partial charge in [0.05, 0.1) is 35.5 Å². The Bertz CT molecular complexity index is 1260. The number of ether oxygens (including phenoxy) is 1. The van der Waals surface area contributed by atoms with E-state index in [0.29, 0.717) is 31.5 Å². The number of carbonyl (C=O) groups excluding carboxylic acids is 2. The summed E-state index contributed by atoms with van der Waals surface area (Å²) in [6.45, 7) is 4.09. The number of primary amides is 1. The fourth-order valence-corrected chi connectivity index (χ4v) is 4.56. The summed E-state index contributed by atoms with van der Waals surface area (Å²) < 4.78 is 30.7. The van der Waals surface area contributed by atoms with Crippen LogP contribution in [-0.2, 0) is 22.8 Å². The third kappa shape index (κ3) is 5.53. The molecule has 4 N–H and O–H groups in total. The van der Waals surface area contributed by atoms with Gasteiger partial charge in [-0.1, -0.05) is 6.92 Å². The first-order valence-electron chi connectivity index (χ1n) is 11.0. The molecule has 190 valence electrons. The molecule has 0 aliphatic carbocycles. The van der Waals surface area contributed by atoms with Crippen LogP contribution in [0.1, 0.15) is 53.2 Å². The summed E-state index contributed by atoms with van der Waals surface area (Å²) in [6, 6.07) is 0.741. The Balaban J connectivity index is 2.02. The lowest BCUT2D eigenvalue weighted by Gasteiger charge is -2.22. The summed E-state index contributed by atoms with van der Waals surface area (Å²) in [4.78, 5) is 42.2. The molecule has 0 spiro atoms. The van der Waals surface area contributed by atoms with Gasteiger partial charge < -0.3 is 25.8 Å². The van der Waals surface area contributed by atoms with Crippen LogP contribution in [0.25, 0.3) is 0 Å². The summed E-state index contributed by atoms with van der Waals surface area (Å²) in [6.07, 6.45) is 2.62. The molecule has 0 aromatic carbocycles. The van der Waals surface area contributed by atoms with Crippen LogP contribution in [0.3, 0.4) is 0 Å². The van der Waals surface area contributed by atoms with E-state index in [4.69, 9.17) is 10.5 Å². The molecule has 2 aromatic rings. The molecule has 13 nitrogen and oxygen atoms in total. The van der Waals surface area contributed by atoms with Gasteiger partial charge in [-0.05, 0) is 32.3 Å². The van der Waals surface area contributed by atoms with Gasteiger partial charge in [-0.15, -0.1) is 0 Å². The second-order valence-electron chi connectivity index (χ2n) is 8.03. The monoisotopic (exact) mass is 508 g/mol. The number of nitrogens with zero attached hydrogens (tertiary/aromatic N) is 4. The molecular weight excluding hydrogens is 480 g/mol. The average Bonchev–Trinajstić information content (AvgIpc) is 3.38. The van der Waals surface area contributed by atoms with Gasteiger partial charge in [-0.25, -0.2) is 18.2 Å². The van der Waals surface area contributed by atoms with Crippen LogP contribution in [0, 0.1) is 0 Å². The Hall–Kier alpha value is -3.68. The number of rotatable bonds is 9. The van der Waals surface area contributed by atoms with E-state index in [2.05, 4.69) is 15.4 Å². The first kappa shape index (κ1) is 25.9. The van der Waals surface area contributed by atoms with Crippen LogP contribution < -0.4 is 15.8 Å². The standard InChI is InChI=1S/C21H28N6O7S/c1-4-15-16(17(18(22)28)27(25-15)11-12-7-6-8-26(12)21(30)31)24-19(29)14-9-13(35(3,32)33)10-23-20(14)34-5-2/h9-10,12H,4-8,11H2,1-3H3,(H2,22,28)(H,24,29)(H,30,31)/t12-/m0/s1. The zero-order chi connectivity index (χ0) is 25.9. The van der Waals surface area contributed by atoms with Crippen molar-refractivity contribution in [2.24, 2.45) is 5.73 Å². The summed E-state index contributed by atoms with van der Waals surface area (Å²) in [7, 11) is -3.66. The van der Waals surface area contributed by atoms with E-state index in [1.54, 1.807) is 13.8 Å². The molecular formula is C21H28N6O7S. The van der Waals surface area contributed by atoms with Crippen molar-refractivity contribution in [2.45, 2.75) is 50.6 Å². The summed E-state index contributed by atoms with van der Waals surface area (Å²) >= 11 is 0. The van der Waals surface area contributed by atoms with E-state index in [1.807, 2.05) is 0 Å². The summed E-state index contributed by atoms with van der Waals surface area (Å²) in [5, 5.41) is 16.5. The number of aromatic nitrogens is 3. The normalized spacial score (nSPS) is 15.7. The molecule has 3 heterocycles. The SMILES string of the molecule is CCOc1ncc(S(C)(=O)=O)cc1C(=O)Nc1c(CC)nn(C[C@@H]2CCCN2C(=O)O)c1C(N)=O. The van der Waals surface area contributed by atoms with Crippen molar-refractivity contribution in [3.8, 4) is 5.88 Å². The van der Waals surface area contributed by atoms with Crippen LogP contribution in [-0.4, -0.2) is 76.5 Å². The molecule has 14 heteroatoms. The van der Waals surface area contributed by atoms with Gasteiger partial charge in [0.15, 0.2) is 9.84 Å². The van der Waals surface area contributed by atoms with Crippen molar-refractivity contribution in [3.63, 3.8) is 0 Å². The Labute approximate surface area is 202 Å². The third-order valence-corrected chi connectivity index (χ3v) is 6.70. The molecule has 1 atom stereocenters. The van der Waals surface area contributed by atoms with Crippen molar-refractivity contribution in [2.75, 3.05) is 24.7 Å². The van der Waals surface area contributed by atoms with E-state index in [1.165, 1.54) is 9.58 Å². The smallest absolute Gasteiger partial charge is 0.407 e. The maximum atomic E-state index is 13.2. The molecule has 0 bridgehead atoms. The van der Waals surface area contributed by atoms with Crippen LogP contribution >= 0.6 is 0 Å². The Kier molecular flexibility index (Phi) is 7.63. The molecule has 3 rings (SSSR count). The molecule has 0 unspecified atom stereocenters. The third-order valence-electron chi connectivity index (χ3n) is 5.62. The van der Waals surface area contributed by atoms with Gasteiger partial charge in [0.2, 0.25) is 5.88 Å². The predicted octanol–water partition coefficient (Wildman–Crippen LogP) is 1.14. The molecule has 0 saturated carbocycles. The van der Waals surface area contributed by atoms with Crippen molar-refractivity contribution >= 4 is 33.4 Å². The lowest BCUT2D eigenvalue weighted by atomic mass is 10.2. The zero-order valence-electron chi connectivity index (χ0n) is 19.6. The van der Waals surface area contributed by atoms with E-state index in [0.717, 1.165) is 18.5 Å². The fourth-order valence-electron chi connectivity index (χ4n) is 3.98. The molecule has 0 radical (unpaired) electrons. The lowest BCUT2D eigenvalue weighted by molar-refractivity contribution is 0.0988. The second-order valence-corrected chi connectivity index (χ2v) is 10.0. The molecule has 35 heavy (non-hydrogen) atoms. The second kappa shape index (κ2) is 10.3. The zero-order valence-corrected chi connectivity index (χ0v) is 20.5. The number of amides is 3. The van der Waals surface area contributed by atoms with E-state index in [9.17, 15) is 27.9 Å². The van der Waals surface area contributed by atoms with Crippen molar-refractivity contribution in [1.29, 1.82) is 0 Å². The highest BCUT2D eigenvalue weighted by molar-refractivity contribution is 7.90. The van der Waals surface area contributed by atoms with Gasteiger partial charge in [-0.3, -0.25) is 14.3 Å². The minimum absolute atomic E-state index is 0.0667. The predicted molar refractivity (Wildman–Crippen MR) is 124 cm³/mol. The largest absolute Gasteiger partial charge is 0.477 e. The lowest BCUT2D eigenvalue weighted by Crippen LogP contribution is -2.38. The van der Waals surface area contributed by atoms with Gasteiger partial charge >= 0.3 is 6.09 Å². The van der Waals surface area contributed by atoms with Gasteiger partial charge in [0.1, 0.15) is 11.3 Å². The molecule has 1 saturated heterocycles. The molecule has 3 amide bonds. The Morgan fingerprint density at radius 2 is 2.03 bits per heavy atom. The van der Waals surface area contributed by atoms with Crippen molar-refractivity contribution < 1.29 is 32.6 Å². The number of likely N-dealkylation sites (tertiary alicyclic amines) is 1. The van der Waals surface area contributed by atoms with Crippen molar-refractivity contribution in [1.82, 2.24) is 19.7 Å².